The Kier molecular flexibility index (Phi) is 27.4. The van der Waals surface area contributed by atoms with Crippen LogP contribution < -0.4 is 41.8 Å². The minimum absolute atomic E-state index is 0.0259. The van der Waals surface area contributed by atoms with Gasteiger partial charge in [0.25, 0.3) is 5.69 Å². The number of aromatic amines is 1. The van der Waals surface area contributed by atoms with Crippen molar-refractivity contribution in [2.24, 2.45) is 17.6 Å². The van der Waals surface area contributed by atoms with E-state index in [2.05, 4.69) is 56.8 Å². The van der Waals surface area contributed by atoms with Gasteiger partial charge in [-0.25, -0.2) is 19.2 Å². The highest BCUT2D eigenvalue weighted by molar-refractivity contribution is 6.39. The number of nitro benzene ring substituents is 1. The number of rotatable bonds is 15. The molecule has 0 radical (unpaired) electrons. The van der Waals surface area contributed by atoms with Crippen molar-refractivity contribution in [2.45, 2.75) is 27.7 Å². The molecule has 7 aromatic carbocycles. The SMILES string of the molecule is COC(=O)c1cccc(NC(C)=O)c1C(=O)OC.COC(=O)c1cccc([N+](=O)[O-])c1C(=O)OC.COc1ccc(-c2n[nH]c3c2C(=O)c2c(NC(C)=O)cccc2-3)cc1.COc1ccc(C(=O)C2C(=O)c3cccc(NC(C)=O)c3C2=O)cc1.COc1ccc(C(C)=O)cc1.NN. The lowest BCUT2D eigenvalue weighted by Crippen LogP contribution is -2.25. The number of nitro groups is 1. The van der Waals surface area contributed by atoms with E-state index in [1.165, 1.54) is 96.7 Å². The number of carbonyl (C=O) groups excluding carboxylic acids is 12. The molecule has 0 saturated heterocycles. The maximum absolute atomic E-state index is 13.0. The van der Waals surface area contributed by atoms with E-state index in [1.54, 1.807) is 75.7 Å². The highest BCUT2D eigenvalue weighted by Crippen LogP contribution is 2.43. The Bertz CT molecular complexity index is 4370. The fraction of sp³-hybridized carbons (Fsp3) is 0.174. The fourth-order valence-corrected chi connectivity index (χ4v) is 9.60. The van der Waals surface area contributed by atoms with Crippen LogP contribution in [0.5, 0.6) is 17.2 Å². The number of fused-ring (bicyclic) bond motifs is 4. The van der Waals surface area contributed by atoms with Gasteiger partial charge in [-0.2, -0.15) is 5.10 Å². The van der Waals surface area contributed by atoms with Crippen LogP contribution in [-0.2, 0) is 33.3 Å². The average molecular weight is 1340 g/mol. The number of carbonyl (C=O) groups is 12. The Balaban J connectivity index is 0.000000225. The van der Waals surface area contributed by atoms with Crippen LogP contribution in [0.2, 0.25) is 0 Å². The van der Waals surface area contributed by atoms with Gasteiger partial charge in [0.1, 0.15) is 28.9 Å². The monoisotopic (exact) mass is 1340 g/mol. The molecule has 1 unspecified atom stereocenters. The highest BCUT2D eigenvalue weighted by Gasteiger charge is 2.45. The molecule has 0 aliphatic heterocycles. The Morgan fingerprint density at radius 1 is 0.469 bits per heavy atom. The number of amides is 3. The minimum atomic E-state index is -1.42. The molecular formula is C69H66N8O21. The second kappa shape index (κ2) is 35.4. The first-order valence-corrected chi connectivity index (χ1v) is 28.7. The third-order valence-corrected chi connectivity index (χ3v) is 14.0. The number of anilines is 3. The maximum atomic E-state index is 13.0. The van der Waals surface area contributed by atoms with E-state index >= 15 is 0 Å². The van der Waals surface area contributed by atoms with E-state index in [1.807, 2.05) is 30.3 Å². The first kappa shape index (κ1) is 75.8. The van der Waals surface area contributed by atoms with Crippen LogP contribution in [0, 0.1) is 16.0 Å². The van der Waals surface area contributed by atoms with Gasteiger partial charge in [-0.15, -0.1) is 0 Å². The number of esters is 4. The molecule has 8 aromatic rings. The molecule has 1 aromatic heterocycles. The van der Waals surface area contributed by atoms with Gasteiger partial charge in [-0.1, -0.05) is 36.4 Å². The number of benzene rings is 7. The molecule has 2 aliphatic rings. The zero-order chi connectivity index (χ0) is 72.7. The number of nitrogens with two attached hydrogens (primary N) is 2. The summed E-state index contributed by atoms with van der Waals surface area (Å²) in [6, 6.07) is 38.7. The van der Waals surface area contributed by atoms with Crippen LogP contribution in [-0.4, -0.2) is 135 Å². The van der Waals surface area contributed by atoms with Crippen molar-refractivity contribution in [1.29, 1.82) is 0 Å². The molecule has 0 spiro atoms. The predicted octanol–water partition coefficient (Wildman–Crippen LogP) is 8.89. The van der Waals surface area contributed by atoms with E-state index in [4.69, 9.17) is 14.2 Å². The summed E-state index contributed by atoms with van der Waals surface area (Å²) in [6.07, 6.45) is 0. The van der Waals surface area contributed by atoms with Gasteiger partial charge < -0.3 is 49.1 Å². The van der Waals surface area contributed by atoms with E-state index in [0.717, 1.165) is 42.9 Å². The second-order valence-electron chi connectivity index (χ2n) is 20.1. The van der Waals surface area contributed by atoms with Crippen molar-refractivity contribution in [2.75, 3.05) is 65.7 Å². The van der Waals surface area contributed by atoms with Crippen molar-refractivity contribution in [1.82, 2.24) is 10.2 Å². The zero-order valence-electron chi connectivity index (χ0n) is 54.6. The zero-order valence-corrected chi connectivity index (χ0v) is 54.6. The Hall–Kier alpha value is -12.9. The van der Waals surface area contributed by atoms with Crippen LogP contribution in [0.3, 0.4) is 0 Å². The third kappa shape index (κ3) is 18.1. The number of hydrazine groups is 1. The molecular weight excluding hydrogens is 1280 g/mol. The lowest BCUT2D eigenvalue weighted by Gasteiger charge is -2.11. The number of Topliss-reactive ketones (excluding diaryl/α,β-unsaturated/α-hetero) is 4. The van der Waals surface area contributed by atoms with Gasteiger partial charge in [-0.3, -0.25) is 65.3 Å². The second-order valence-corrected chi connectivity index (χ2v) is 20.1. The molecule has 508 valence electrons. The number of hydrogen-bond acceptors (Lipinski definition) is 24. The van der Waals surface area contributed by atoms with Gasteiger partial charge in [0.2, 0.25) is 17.7 Å². The largest absolute Gasteiger partial charge is 0.497 e. The number of hydrogen-bond donors (Lipinski definition) is 6. The van der Waals surface area contributed by atoms with Crippen LogP contribution in [0.4, 0.5) is 22.7 Å². The van der Waals surface area contributed by atoms with Gasteiger partial charge in [0.15, 0.2) is 34.5 Å². The molecule has 3 amide bonds. The van der Waals surface area contributed by atoms with Crippen molar-refractivity contribution < 1.29 is 95.6 Å². The molecule has 10 rings (SSSR count). The first-order valence-electron chi connectivity index (χ1n) is 28.7. The standard InChI is InChI=1S/C19H15N3O3.C19H15NO5.C12H13NO5.C10H9NO6.C9H10O2.H4N2/c1-10(23)20-14-5-3-4-13-15(14)19(24)16-17(21-22-18(13)16)11-6-8-12(25-2)9-7-11;1-10(21)20-14-5-3-4-13-15(14)19(24)16(18(13)23)17(22)11-6-8-12(25-2)9-7-11;1-7(14)13-9-6-4-5-8(11(15)17-2)10(9)12(16)18-3;1-16-9(12)6-4-3-5-7(11(14)15)8(6)10(13)17-2;1-7(10)8-3-5-9(11-2)6-4-8;1-2/h3-9H,1-2H3,(H,20,23)(H,21,22);3-9,16H,1-2H3,(H,20,21);4-6H,1-3H3,(H,13,14);3-5H,1-2H3;3-6H,1-2H3;1-2H2. The minimum Gasteiger partial charge on any atom is -0.497 e. The number of H-pyrrole nitrogens is 1. The summed E-state index contributed by atoms with van der Waals surface area (Å²) in [4.78, 5) is 152. The van der Waals surface area contributed by atoms with Crippen LogP contribution >= 0.6 is 0 Å². The molecule has 1 heterocycles. The van der Waals surface area contributed by atoms with E-state index in [9.17, 15) is 67.6 Å². The summed E-state index contributed by atoms with van der Waals surface area (Å²) < 4.78 is 33.2. The van der Waals surface area contributed by atoms with Gasteiger partial charge >= 0.3 is 23.9 Å². The molecule has 29 heteroatoms. The number of ketones is 5. The molecule has 2 aliphatic carbocycles. The smallest absolute Gasteiger partial charge is 0.345 e. The Labute approximate surface area is 559 Å². The molecule has 8 N–H and O–H groups in total. The summed E-state index contributed by atoms with van der Waals surface area (Å²) in [5.41, 5.74) is 4.94. The number of nitrogens with zero attached hydrogens (tertiary/aromatic N) is 2. The highest BCUT2D eigenvalue weighted by atomic mass is 16.6. The predicted molar refractivity (Wildman–Crippen MR) is 355 cm³/mol. The molecule has 0 fully saturated rings. The van der Waals surface area contributed by atoms with Crippen LogP contribution in [0.15, 0.2) is 146 Å². The van der Waals surface area contributed by atoms with Gasteiger partial charge in [0, 0.05) is 54.7 Å². The number of ether oxygens (including phenoxy) is 7. The first-order chi connectivity index (χ1) is 46.8. The number of methoxy groups -OCH3 is 7. The summed E-state index contributed by atoms with van der Waals surface area (Å²) in [5.74, 6) is 2.74. The maximum Gasteiger partial charge on any atom is 0.345 e. The lowest BCUT2D eigenvalue weighted by molar-refractivity contribution is -0.385. The molecule has 0 bridgehead atoms. The third-order valence-electron chi connectivity index (χ3n) is 14.0. The van der Waals surface area contributed by atoms with Crippen LogP contribution in [0.25, 0.3) is 22.5 Å². The number of nitrogens with one attached hydrogen (secondary N) is 4. The van der Waals surface area contributed by atoms with Crippen molar-refractivity contribution in [3.8, 4) is 39.8 Å². The van der Waals surface area contributed by atoms with Gasteiger partial charge in [0.05, 0.1) is 111 Å². The number of aromatic nitrogens is 2. The quantitative estimate of drug-likeness (QED) is 0.0106. The average Bonchev–Trinajstić information content (AvgIpc) is 1.59. The van der Waals surface area contributed by atoms with Crippen LogP contribution in [0.1, 0.15) is 126 Å². The topological polar surface area (TPSA) is 429 Å². The normalized spacial score (nSPS) is 11.5. The van der Waals surface area contributed by atoms with Gasteiger partial charge in [-0.05, 0) is 110 Å². The summed E-state index contributed by atoms with van der Waals surface area (Å²) in [6.45, 7) is 5.57. The fourth-order valence-electron chi connectivity index (χ4n) is 9.60. The van der Waals surface area contributed by atoms with Crippen molar-refractivity contribution in [3.05, 3.63) is 211 Å². The molecule has 98 heavy (non-hydrogen) atoms. The molecule has 1 atom stereocenters. The van der Waals surface area contributed by atoms with E-state index < -0.39 is 63.3 Å². The summed E-state index contributed by atoms with van der Waals surface area (Å²) >= 11 is 0. The summed E-state index contributed by atoms with van der Waals surface area (Å²) in [7, 11) is 9.28. The summed E-state index contributed by atoms with van der Waals surface area (Å²) in [5, 5.41) is 25.8. The molecule has 29 nitrogen and oxygen atoms in total. The lowest BCUT2D eigenvalue weighted by atomic mass is 9.93. The molecule has 0 saturated carbocycles. The van der Waals surface area contributed by atoms with E-state index in [0.29, 0.717) is 39.5 Å². The van der Waals surface area contributed by atoms with Crippen molar-refractivity contribution >= 4 is 93.3 Å². The Morgan fingerprint density at radius 2 is 0.878 bits per heavy atom. The van der Waals surface area contributed by atoms with E-state index in [-0.39, 0.29) is 74.0 Å². The Morgan fingerprint density at radius 3 is 1.34 bits per heavy atom. The van der Waals surface area contributed by atoms with Crippen molar-refractivity contribution in [3.63, 3.8) is 0 Å².